The van der Waals surface area contributed by atoms with E-state index < -0.39 is 36.0 Å². The quantitative estimate of drug-likeness (QED) is 0.797. The molecule has 0 fully saturated rings. The molecule has 0 spiro atoms. The van der Waals surface area contributed by atoms with Crippen LogP contribution in [-0.4, -0.2) is 12.5 Å². The average molecular weight is 363 g/mol. The van der Waals surface area contributed by atoms with Crippen molar-refractivity contribution in [1.29, 1.82) is 0 Å². The van der Waals surface area contributed by atoms with E-state index in [1.54, 1.807) is 0 Å². The highest BCUT2D eigenvalue weighted by molar-refractivity contribution is 5.91. The van der Waals surface area contributed by atoms with E-state index >= 15 is 0 Å². The number of carbonyl (C=O) groups excluding carboxylic acids is 1. The highest BCUT2D eigenvalue weighted by atomic mass is 19.4. The molecule has 2 aromatic rings. The lowest BCUT2D eigenvalue weighted by Crippen LogP contribution is -2.20. The van der Waals surface area contributed by atoms with Gasteiger partial charge in [-0.05, 0) is 36.4 Å². The lowest BCUT2D eigenvalue weighted by molar-refractivity contribution is -0.138. The van der Waals surface area contributed by atoms with Gasteiger partial charge in [-0.2, -0.15) is 26.3 Å². The summed E-state index contributed by atoms with van der Waals surface area (Å²) >= 11 is 0. The van der Waals surface area contributed by atoms with Crippen LogP contribution in [-0.2, 0) is 17.1 Å². The molecule has 0 bridgehead atoms. The van der Waals surface area contributed by atoms with Crippen LogP contribution in [0, 0.1) is 0 Å². The molecular formula is C16H11F6NO2. The molecular weight excluding hydrogens is 352 g/mol. The normalized spacial score (nSPS) is 11.9. The van der Waals surface area contributed by atoms with E-state index in [0.717, 1.165) is 36.4 Å². The SMILES string of the molecule is O=C(COc1cccc(C(F)(F)F)c1)Nc1cccc(C(F)(F)F)c1. The molecule has 0 aliphatic rings. The van der Waals surface area contributed by atoms with Crippen LogP contribution in [0.1, 0.15) is 11.1 Å². The minimum Gasteiger partial charge on any atom is -0.484 e. The largest absolute Gasteiger partial charge is 0.484 e. The zero-order chi connectivity index (χ0) is 18.7. The van der Waals surface area contributed by atoms with Gasteiger partial charge in [-0.15, -0.1) is 0 Å². The zero-order valence-corrected chi connectivity index (χ0v) is 12.4. The number of hydrogen-bond donors (Lipinski definition) is 1. The van der Waals surface area contributed by atoms with Crippen LogP contribution in [0.5, 0.6) is 5.75 Å². The summed E-state index contributed by atoms with van der Waals surface area (Å²) in [7, 11) is 0. The van der Waals surface area contributed by atoms with Crippen LogP contribution < -0.4 is 10.1 Å². The van der Waals surface area contributed by atoms with Gasteiger partial charge in [0.15, 0.2) is 6.61 Å². The number of alkyl halides is 6. The molecule has 134 valence electrons. The van der Waals surface area contributed by atoms with Gasteiger partial charge in [-0.3, -0.25) is 4.79 Å². The van der Waals surface area contributed by atoms with E-state index in [-0.39, 0.29) is 11.4 Å². The minimum atomic E-state index is -4.56. The summed E-state index contributed by atoms with van der Waals surface area (Å²) in [5, 5.41) is 2.18. The molecule has 9 heteroatoms. The minimum absolute atomic E-state index is 0.104. The number of nitrogens with one attached hydrogen (secondary N) is 1. The first-order chi connectivity index (χ1) is 11.6. The molecule has 25 heavy (non-hydrogen) atoms. The fourth-order valence-electron chi connectivity index (χ4n) is 1.88. The number of amides is 1. The van der Waals surface area contributed by atoms with Gasteiger partial charge in [0.05, 0.1) is 11.1 Å². The van der Waals surface area contributed by atoms with Gasteiger partial charge in [-0.25, -0.2) is 0 Å². The molecule has 0 aliphatic heterocycles. The van der Waals surface area contributed by atoms with Gasteiger partial charge in [0.25, 0.3) is 5.91 Å². The van der Waals surface area contributed by atoms with Crippen molar-refractivity contribution >= 4 is 11.6 Å². The van der Waals surface area contributed by atoms with Crippen molar-refractivity contribution < 1.29 is 35.9 Å². The molecule has 0 saturated carbocycles. The van der Waals surface area contributed by atoms with Crippen molar-refractivity contribution in [2.45, 2.75) is 12.4 Å². The highest BCUT2D eigenvalue weighted by Gasteiger charge is 2.31. The van der Waals surface area contributed by atoms with Gasteiger partial charge in [0.1, 0.15) is 5.75 Å². The van der Waals surface area contributed by atoms with Crippen molar-refractivity contribution in [3.05, 3.63) is 59.7 Å². The lowest BCUT2D eigenvalue weighted by Gasteiger charge is -2.11. The van der Waals surface area contributed by atoms with Crippen molar-refractivity contribution in [3.63, 3.8) is 0 Å². The van der Waals surface area contributed by atoms with Crippen molar-refractivity contribution in [2.75, 3.05) is 11.9 Å². The van der Waals surface area contributed by atoms with Gasteiger partial charge in [0, 0.05) is 5.69 Å². The number of ether oxygens (including phenoxy) is 1. The zero-order valence-electron chi connectivity index (χ0n) is 12.4. The Bertz CT molecular complexity index is 755. The maximum atomic E-state index is 12.6. The van der Waals surface area contributed by atoms with Crippen molar-refractivity contribution in [3.8, 4) is 5.75 Å². The number of halogens is 6. The molecule has 0 radical (unpaired) electrons. The first-order valence-electron chi connectivity index (χ1n) is 6.83. The molecule has 2 rings (SSSR count). The van der Waals surface area contributed by atoms with E-state index in [0.29, 0.717) is 0 Å². The van der Waals surface area contributed by atoms with Gasteiger partial charge < -0.3 is 10.1 Å². The summed E-state index contributed by atoms with van der Waals surface area (Å²) in [6.45, 7) is -0.655. The third-order valence-electron chi connectivity index (χ3n) is 3.00. The summed E-state index contributed by atoms with van der Waals surface area (Å²) in [6.07, 6.45) is -9.12. The van der Waals surface area contributed by atoms with Crippen LogP contribution in [0.15, 0.2) is 48.5 Å². The molecule has 3 nitrogen and oxygen atoms in total. The molecule has 0 heterocycles. The van der Waals surface area contributed by atoms with Crippen LogP contribution >= 0.6 is 0 Å². The first kappa shape index (κ1) is 18.6. The molecule has 0 atom stereocenters. The maximum Gasteiger partial charge on any atom is 0.416 e. The number of rotatable bonds is 4. The Morgan fingerprint density at radius 2 is 1.44 bits per heavy atom. The standard InChI is InChI=1S/C16H11F6NO2/c17-15(18,19)10-3-1-5-12(7-10)23-14(24)9-25-13-6-2-4-11(8-13)16(20,21)22/h1-8H,9H2,(H,23,24). The first-order valence-corrected chi connectivity index (χ1v) is 6.83. The Kier molecular flexibility index (Phi) is 5.24. The second kappa shape index (κ2) is 7.04. The number of anilines is 1. The molecule has 1 N–H and O–H groups in total. The Balaban J connectivity index is 1.98. The molecule has 0 saturated heterocycles. The topological polar surface area (TPSA) is 38.3 Å². The molecule has 2 aromatic carbocycles. The number of hydrogen-bond acceptors (Lipinski definition) is 2. The van der Waals surface area contributed by atoms with E-state index in [1.165, 1.54) is 12.1 Å². The highest BCUT2D eigenvalue weighted by Crippen LogP contribution is 2.32. The third kappa shape index (κ3) is 5.40. The Morgan fingerprint density at radius 3 is 2.04 bits per heavy atom. The second-order valence-corrected chi connectivity index (χ2v) is 4.94. The van der Waals surface area contributed by atoms with Crippen LogP contribution in [0.25, 0.3) is 0 Å². The Hall–Kier alpha value is -2.71. The van der Waals surface area contributed by atoms with Gasteiger partial charge in [0.2, 0.25) is 0 Å². The average Bonchev–Trinajstić information content (AvgIpc) is 2.52. The maximum absolute atomic E-state index is 12.6. The van der Waals surface area contributed by atoms with Crippen LogP contribution in [0.3, 0.4) is 0 Å². The predicted octanol–water partition coefficient (Wildman–Crippen LogP) is 4.74. The smallest absolute Gasteiger partial charge is 0.416 e. The van der Waals surface area contributed by atoms with E-state index in [4.69, 9.17) is 4.74 Å². The summed E-state index contributed by atoms with van der Waals surface area (Å²) < 4.78 is 80.4. The van der Waals surface area contributed by atoms with Crippen molar-refractivity contribution in [2.24, 2.45) is 0 Å². The van der Waals surface area contributed by atoms with Gasteiger partial charge in [-0.1, -0.05) is 12.1 Å². The van der Waals surface area contributed by atoms with Crippen molar-refractivity contribution in [1.82, 2.24) is 0 Å². The second-order valence-electron chi connectivity index (χ2n) is 4.94. The third-order valence-corrected chi connectivity index (χ3v) is 3.00. The summed E-state index contributed by atoms with van der Waals surface area (Å²) in [5.41, 5.74) is -1.99. The Labute approximate surface area is 138 Å². The lowest BCUT2D eigenvalue weighted by atomic mass is 10.2. The molecule has 0 unspecified atom stereocenters. The predicted molar refractivity (Wildman–Crippen MR) is 77.0 cm³/mol. The van der Waals surface area contributed by atoms with Crippen LogP contribution in [0.4, 0.5) is 32.0 Å². The fourth-order valence-corrected chi connectivity index (χ4v) is 1.88. The van der Waals surface area contributed by atoms with E-state index in [9.17, 15) is 31.1 Å². The molecule has 1 amide bonds. The molecule has 0 aromatic heterocycles. The molecule has 0 aliphatic carbocycles. The van der Waals surface area contributed by atoms with Crippen LogP contribution in [0.2, 0.25) is 0 Å². The monoisotopic (exact) mass is 363 g/mol. The van der Waals surface area contributed by atoms with Gasteiger partial charge >= 0.3 is 12.4 Å². The van der Waals surface area contributed by atoms with E-state index in [2.05, 4.69) is 5.32 Å². The Morgan fingerprint density at radius 1 is 0.880 bits per heavy atom. The summed E-state index contributed by atoms with van der Waals surface area (Å²) in [5.74, 6) is -0.995. The number of benzene rings is 2. The number of carbonyl (C=O) groups is 1. The summed E-state index contributed by atoms with van der Waals surface area (Å²) in [4.78, 5) is 11.7. The van der Waals surface area contributed by atoms with E-state index in [1.807, 2.05) is 0 Å². The fraction of sp³-hybridized carbons (Fsp3) is 0.188. The summed E-state index contributed by atoms with van der Waals surface area (Å²) in [6, 6.07) is 7.85.